The van der Waals surface area contributed by atoms with Gasteiger partial charge < -0.3 is 19.5 Å². The minimum absolute atomic E-state index is 0.00743. The molecule has 7 heteroatoms. The molecule has 1 saturated heterocycles. The Morgan fingerprint density at radius 2 is 2.17 bits per heavy atom. The van der Waals surface area contributed by atoms with Crippen molar-refractivity contribution in [3.63, 3.8) is 0 Å². The molecule has 126 valence electrons. The first-order valence-electron chi connectivity index (χ1n) is 7.83. The number of fused-ring (bicyclic) bond motifs is 1. The number of hydrogen-bond acceptors (Lipinski definition) is 5. The number of H-pyrrole nitrogens is 1. The van der Waals surface area contributed by atoms with Gasteiger partial charge in [-0.3, -0.25) is 4.79 Å². The molecule has 4 rings (SSSR count). The fraction of sp³-hybridized carbons (Fsp3) is 0.412. The summed E-state index contributed by atoms with van der Waals surface area (Å²) in [5, 5.41) is 4.41. The Labute approximate surface area is 137 Å². The quantitative estimate of drug-likeness (QED) is 0.876. The Kier molecular flexibility index (Phi) is 3.26. The second-order valence-corrected chi connectivity index (χ2v) is 6.36. The number of rotatable bonds is 3. The van der Waals surface area contributed by atoms with E-state index in [0.717, 1.165) is 18.6 Å². The van der Waals surface area contributed by atoms with Gasteiger partial charge in [-0.2, -0.15) is 0 Å². The van der Waals surface area contributed by atoms with Crippen LogP contribution < -0.4 is 15.1 Å². The number of anilines is 1. The zero-order chi connectivity index (χ0) is 16.9. The highest BCUT2D eigenvalue weighted by atomic mass is 19.1. The summed E-state index contributed by atoms with van der Waals surface area (Å²) in [7, 11) is 3.00. The van der Waals surface area contributed by atoms with Gasteiger partial charge in [-0.25, -0.2) is 4.39 Å². The summed E-state index contributed by atoms with van der Waals surface area (Å²) in [6, 6.07) is 2.65. The molecule has 1 spiro atoms. The van der Waals surface area contributed by atoms with Gasteiger partial charge in [0, 0.05) is 24.2 Å². The van der Waals surface area contributed by atoms with E-state index in [1.807, 2.05) is 4.90 Å². The van der Waals surface area contributed by atoms with Crippen LogP contribution >= 0.6 is 0 Å². The standard InChI is InChI=1S/C17H18FN3O3/c1-23-16-14-10(12(22)3-6-19-14)7-11(18)15(16)21-8-13(20-24-2)17(9-21)4-5-17/h3,6-7H,4-5,8-9H2,1-2H3,(H,19,22). The van der Waals surface area contributed by atoms with E-state index in [9.17, 15) is 9.18 Å². The van der Waals surface area contributed by atoms with Gasteiger partial charge in [0.15, 0.2) is 17.0 Å². The summed E-state index contributed by atoms with van der Waals surface area (Å²) in [6.07, 6.45) is 3.60. The topological polar surface area (TPSA) is 66.9 Å². The number of ether oxygens (including phenoxy) is 1. The van der Waals surface area contributed by atoms with Crippen LogP contribution in [-0.4, -0.2) is 38.0 Å². The summed E-state index contributed by atoms with van der Waals surface area (Å²) in [4.78, 5) is 21.9. The zero-order valence-electron chi connectivity index (χ0n) is 13.6. The summed E-state index contributed by atoms with van der Waals surface area (Å²) in [5.41, 5.74) is 1.55. The summed E-state index contributed by atoms with van der Waals surface area (Å²) >= 11 is 0. The Morgan fingerprint density at radius 3 is 2.83 bits per heavy atom. The van der Waals surface area contributed by atoms with Crippen molar-refractivity contribution in [2.75, 3.05) is 32.2 Å². The summed E-state index contributed by atoms with van der Waals surface area (Å²) in [5.74, 6) is -0.123. The van der Waals surface area contributed by atoms with E-state index in [-0.39, 0.29) is 16.2 Å². The van der Waals surface area contributed by atoms with E-state index in [4.69, 9.17) is 9.57 Å². The lowest BCUT2D eigenvalue weighted by molar-refractivity contribution is 0.211. The normalized spacial score (nSPS) is 20.1. The number of pyridine rings is 1. The lowest BCUT2D eigenvalue weighted by atomic mass is 10.1. The van der Waals surface area contributed by atoms with Crippen molar-refractivity contribution in [2.24, 2.45) is 10.6 Å². The smallest absolute Gasteiger partial charge is 0.189 e. The predicted octanol–water partition coefficient (Wildman–Crippen LogP) is 2.28. The number of aromatic nitrogens is 1. The third-order valence-corrected chi connectivity index (χ3v) is 4.96. The Morgan fingerprint density at radius 1 is 1.38 bits per heavy atom. The number of nitrogens with zero attached hydrogens (tertiary/aromatic N) is 2. The van der Waals surface area contributed by atoms with Gasteiger partial charge >= 0.3 is 0 Å². The summed E-state index contributed by atoms with van der Waals surface area (Å²) in [6.45, 7) is 1.16. The highest BCUT2D eigenvalue weighted by Gasteiger charge is 2.54. The molecule has 1 aromatic heterocycles. The van der Waals surface area contributed by atoms with Crippen molar-refractivity contribution in [3.8, 4) is 5.75 Å². The molecule has 1 aliphatic carbocycles. The molecule has 24 heavy (non-hydrogen) atoms. The number of aromatic amines is 1. The maximum absolute atomic E-state index is 14.8. The molecule has 2 aliphatic rings. The van der Waals surface area contributed by atoms with E-state index >= 15 is 0 Å². The van der Waals surface area contributed by atoms with E-state index in [0.29, 0.717) is 30.0 Å². The molecule has 2 fully saturated rings. The van der Waals surface area contributed by atoms with Crippen molar-refractivity contribution < 1.29 is 14.0 Å². The van der Waals surface area contributed by atoms with Gasteiger partial charge in [-0.05, 0) is 18.9 Å². The fourth-order valence-corrected chi connectivity index (χ4v) is 3.59. The summed E-state index contributed by atoms with van der Waals surface area (Å²) < 4.78 is 20.3. The predicted molar refractivity (Wildman–Crippen MR) is 89.4 cm³/mol. The van der Waals surface area contributed by atoms with E-state index < -0.39 is 5.82 Å². The maximum Gasteiger partial charge on any atom is 0.189 e. The van der Waals surface area contributed by atoms with Crippen molar-refractivity contribution in [3.05, 3.63) is 34.4 Å². The van der Waals surface area contributed by atoms with E-state index in [2.05, 4.69) is 10.1 Å². The van der Waals surface area contributed by atoms with E-state index in [1.54, 1.807) is 6.20 Å². The van der Waals surface area contributed by atoms with Crippen LogP contribution in [0, 0.1) is 11.2 Å². The molecular formula is C17H18FN3O3. The number of oxime groups is 1. The highest BCUT2D eigenvalue weighted by molar-refractivity contribution is 6.01. The lowest BCUT2D eigenvalue weighted by Gasteiger charge is -2.22. The molecule has 0 bridgehead atoms. The molecule has 1 saturated carbocycles. The second-order valence-electron chi connectivity index (χ2n) is 6.36. The molecule has 6 nitrogen and oxygen atoms in total. The molecule has 1 aromatic carbocycles. The van der Waals surface area contributed by atoms with Crippen LogP contribution in [0.15, 0.2) is 28.3 Å². The van der Waals surface area contributed by atoms with Gasteiger partial charge in [0.2, 0.25) is 0 Å². The van der Waals surface area contributed by atoms with E-state index in [1.165, 1.54) is 26.4 Å². The second kappa shape index (κ2) is 5.22. The van der Waals surface area contributed by atoms with Gasteiger partial charge in [-0.1, -0.05) is 5.16 Å². The number of benzene rings is 1. The van der Waals surface area contributed by atoms with Crippen LogP contribution in [0.4, 0.5) is 10.1 Å². The van der Waals surface area contributed by atoms with Crippen LogP contribution in [0.1, 0.15) is 12.8 Å². The van der Waals surface area contributed by atoms with Gasteiger partial charge in [0.25, 0.3) is 0 Å². The van der Waals surface area contributed by atoms with Crippen molar-refractivity contribution in [1.82, 2.24) is 4.98 Å². The van der Waals surface area contributed by atoms with Gasteiger partial charge in [-0.15, -0.1) is 0 Å². The van der Waals surface area contributed by atoms with Crippen LogP contribution in [0.25, 0.3) is 10.9 Å². The number of nitrogens with one attached hydrogen (secondary N) is 1. The zero-order valence-corrected chi connectivity index (χ0v) is 13.6. The van der Waals surface area contributed by atoms with Crippen LogP contribution in [0.2, 0.25) is 0 Å². The van der Waals surface area contributed by atoms with Crippen molar-refractivity contribution in [1.29, 1.82) is 0 Å². The number of methoxy groups -OCH3 is 1. The third-order valence-electron chi connectivity index (χ3n) is 4.96. The molecule has 2 aromatic rings. The SMILES string of the molecule is CON=C1CN(c2c(F)cc3c(=O)cc[nH]c3c2OC)CC12CC2. The molecule has 0 atom stereocenters. The third kappa shape index (κ3) is 2.07. The monoisotopic (exact) mass is 331 g/mol. The van der Waals surface area contributed by atoms with Gasteiger partial charge in [0.05, 0.1) is 30.3 Å². The van der Waals surface area contributed by atoms with Crippen molar-refractivity contribution in [2.45, 2.75) is 12.8 Å². The average Bonchev–Trinajstić information content (AvgIpc) is 3.25. The molecular weight excluding hydrogens is 313 g/mol. The van der Waals surface area contributed by atoms with Crippen LogP contribution in [-0.2, 0) is 4.84 Å². The minimum atomic E-state index is -0.467. The minimum Gasteiger partial charge on any atom is -0.492 e. The van der Waals surface area contributed by atoms with Crippen LogP contribution in [0.3, 0.4) is 0 Å². The molecule has 1 aliphatic heterocycles. The fourth-order valence-electron chi connectivity index (χ4n) is 3.59. The Balaban J connectivity index is 1.87. The van der Waals surface area contributed by atoms with Crippen molar-refractivity contribution >= 4 is 22.3 Å². The molecule has 0 unspecified atom stereocenters. The highest BCUT2D eigenvalue weighted by Crippen LogP contribution is 2.53. The Hall–Kier alpha value is -2.57. The Bertz CT molecular complexity index is 902. The maximum atomic E-state index is 14.8. The lowest BCUT2D eigenvalue weighted by Crippen LogP contribution is -2.22. The molecule has 0 amide bonds. The number of halogens is 1. The first-order valence-corrected chi connectivity index (χ1v) is 7.83. The molecule has 2 heterocycles. The molecule has 0 radical (unpaired) electrons. The van der Waals surface area contributed by atoms with Gasteiger partial charge in [0.1, 0.15) is 12.8 Å². The first kappa shape index (κ1) is 15.0. The largest absolute Gasteiger partial charge is 0.492 e. The molecule has 1 N–H and O–H groups in total. The first-order chi connectivity index (χ1) is 11.6. The average molecular weight is 331 g/mol. The van der Waals surface area contributed by atoms with Crippen LogP contribution in [0.5, 0.6) is 5.75 Å². The number of hydrogen-bond donors (Lipinski definition) is 1.